The number of aromatic nitrogens is 1. The third-order valence-electron chi connectivity index (χ3n) is 4.64. The summed E-state index contributed by atoms with van der Waals surface area (Å²) in [5, 5.41) is 7.12. The number of alkyl halides is 3. The van der Waals surface area contributed by atoms with E-state index in [1.165, 1.54) is 22.7 Å². The van der Waals surface area contributed by atoms with Crippen LogP contribution in [0.3, 0.4) is 0 Å². The number of likely N-dealkylation sites (tertiary alicyclic amines) is 1. The predicted octanol–water partition coefficient (Wildman–Crippen LogP) is 1.03. The first-order valence-corrected chi connectivity index (χ1v) is 10.3. The molecule has 0 unspecified atom stereocenters. The molecule has 1 aromatic heterocycles. The predicted molar refractivity (Wildman–Crippen MR) is 91.7 cm³/mol. The van der Waals surface area contributed by atoms with E-state index in [0.29, 0.717) is 31.6 Å². The van der Waals surface area contributed by atoms with Gasteiger partial charge in [-0.1, -0.05) is 0 Å². The molecule has 0 spiro atoms. The highest BCUT2D eigenvalue weighted by Crippen LogP contribution is 2.33. The first-order valence-electron chi connectivity index (χ1n) is 8.47. The van der Waals surface area contributed by atoms with Gasteiger partial charge in [-0.2, -0.15) is 17.5 Å². The Morgan fingerprint density at radius 3 is 2.28 bits per heavy atom. The number of carboxylic acids is 1. The van der Waals surface area contributed by atoms with Gasteiger partial charge in [-0.15, -0.1) is 0 Å². The van der Waals surface area contributed by atoms with E-state index in [1.807, 2.05) is 0 Å². The largest absolute Gasteiger partial charge is 0.490 e. The molecule has 0 aromatic carbocycles. The first-order chi connectivity index (χ1) is 13.3. The van der Waals surface area contributed by atoms with Gasteiger partial charge in [0.1, 0.15) is 5.82 Å². The van der Waals surface area contributed by atoms with Crippen LogP contribution in [0.4, 0.5) is 17.6 Å². The molecule has 3 heterocycles. The van der Waals surface area contributed by atoms with Crippen LogP contribution in [0.2, 0.25) is 0 Å². The van der Waals surface area contributed by atoms with Crippen molar-refractivity contribution in [2.24, 2.45) is 0 Å². The van der Waals surface area contributed by atoms with E-state index in [-0.39, 0.29) is 24.4 Å². The third kappa shape index (κ3) is 5.85. The number of hydrogen-bond donors (Lipinski definition) is 1. The minimum absolute atomic E-state index is 0.0531. The van der Waals surface area contributed by atoms with Crippen molar-refractivity contribution in [3.8, 4) is 0 Å². The molecule has 3 rings (SSSR count). The molecule has 2 aliphatic rings. The number of pyridine rings is 1. The summed E-state index contributed by atoms with van der Waals surface area (Å²) >= 11 is 0. The second kappa shape index (κ2) is 8.61. The Bertz CT molecular complexity index is 860. The number of carbonyl (C=O) groups is 2. The Balaban J connectivity index is 0.000000370. The molecule has 0 radical (unpaired) electrons. The summed E-state index contributed by atoms with van der Waals surface area (Å²) in [5.41, 5.74) is 0.521. The Morgan fingerprint density at radius 2 is 1.79 bits per heavy atom. The van der Waals surface area contributed by atoms with Crippen LogP contribution in [-0.4, -0.2) is 77.2 Å². The number of carboxylic acid groups (broad SMARTS) is 1. The quantitative estimate of drug-likeness (QED) is 0.702. The number of amides is 1. The molecule has 2 fully saturated rings. The van der Waals surface area contributed by atoms with E-state index in [2.05, 4.69) is 4.98 Å². The van der Waals surface area contributed by atoms with Gasteiger partial charge >= 0.3 is 12.1 Å². The summed E-state index contributed by atoms with van der Waals surface area (Å²) in [4.78, 5) is 27.0. The van der Waals surface area contributed by atoms with Crippen molar-refractivity contribution in [2.75, 3.05) is 19.3 Å². The van der Waals surface area contributed by atoms with E-state index < -0.39 is 28.0 Å². The zero-order valence-electron chi connectivity index (χ0n) is 15.3. The number of rotatable bonds is 3. The average molecular weight is 441 g/mol. The summed E-state index contributed by atoms with van der Waals surface area (Å²) in [6, 6.07) is 2.62. The number of nitrogens with zero attached hydrogens (tertiary/aromatic N) is 3. The Morgan fingerprint density at radius 1 is 1.21 bits per heavy atom. The lowest BCUT2D eigenvalue weighted by Crippen LogP contribution is -2.41. The van der Waals surface area contributed by atoms with Gasteiger partial charge in [0.05, 0.1) is 18.9 Å². The normalized spacial score (nSPS) is 22.0. The van der Waals surface area contributed by atoms with Crippen molar-refractivity contribution < 1.29 is 40.7 Å². The van der Waals surface area contributed by atoms with E-state index in [9.17, 15) is 30.8 Å². The Kier molecular flexibility index (Phi) is 6.83. The minimum atomic E-state index is -5.08. The zero-order chi connectivity index (χ0) is 22.0. The highest BCUT2D eigenvalue weighted by Gasteiger charge is 2.47. The number of hydrogen-bond acceptors (Lipinski definition) is 5. The molecule has 8 nitrogen and oxygen atoms in total. The molecule has 2 aliphatic heterocycles. The molecule has 29 heavy (non-hydrogen) atoms. The van der Waals surface area contributed by atoms with Crippen LogP contribution < -0.4 is 0 Å². The third-order valence-corrected chi connectivity index (χ3v) is 5.94. The van der Waals surface area contributed by atoms with Crippen LogP contribution in [0, 0.1) is 5.82 Å². The SMILES string of the molecule is CS(=O)(=O)N1CC[C@@H]2[C@@H]1CCN2C(=O)Cc1ccc(F)cn1.O=C(O)C(F)(F)F. The van der Waals surface area contributed by atoms with Gasteiger partial charge in [0.2, 0.25) is 15.9 Å². The van der Waals surface area contributed by atoms with Crippen molar-refractivity contribution in [2.45, 2.75) is 37.5 Å². The van der Waals surface area contributed by atoms with Crippen LogP contribution in [0.25, 0.3) is 0 Å². The molecule has 2 saturated heterocycles. The van der Waals surface area contributed by atoms with Crippen LogP contribution in [0.15, 0.2) is 18.3 Å². The maximum atomic E-state index is 12.8. The van der Waals surface area contributed by atoms with Crippen molar-refractivity contribution in [3.05, 3.63) is 29.8 Å². The summed E-state index contributed by atoms with van der Waals surface area (Å²) in [5.74, 6) is -3.27. The van der Waals surface area contributed by atoms with E-state index >= 15 is 0 Å². The molecule has 13 heteroatoms. The fourth-order valence-electron chi connectivity index (χ4n) is 3.44. The van der Waals surface area contributed by atoms with Gasteiger partial charge in [0.15, 0.2) is 0 Å². The van der Waals surface area contributed by atoms with Crippen LogP contribution >= 0.6 is 0 Å². The average Bonchev–Trinajstić information content (AvgIpc) is 3.17. The molecule has 162 valence electrons. The minimum Gasteiger partial charge on any atom is -0.475 e. The number of fused-ring (bicyclic) bond motifs is 1. The molecular formula is C16H19F4N3O5S. The van der Waals surface area contributed by atoms with Crippen molar-refractivity contribution >= 4 is 21.9 Å². The molecule has 2 atom stereocenters. The topological polar surface area (TPSA) is 108 Å². The number of halogens is 4. The summed E-state index contributed by atoms with van der Waals surface area (Å²) < 4.78 is 69.6. The molecule has 1 aromatic rings. The van der Waals surface area contributed by atoms with Crippen molar-refractivity contribution in [1.29, 1.82) is 0 Å². The lowest BCUT2D eigenvalue weighted by atomic mass is 10.1. The maximum Gasteiger partial charge on any atom is 0.490 e. The lowest BCUT2D eigenvalue weighted by molar-refractivity contribution is -0.192. The second-order valence-corrected chi connectivity index (χ2v) is 8.56. The Hall–Kier alpha value is -2.28. The fraction of sp³-hybridized carbons (Fsp3) is 0.562. The highest BCUT2D eigenvalue weighted by atomic mass is 32.2. The van der Waals surface area contributed by atoms with Crippen molar-refractivity contribution in [3.63, 3.8) is 0 Å². The highest BCUT2D eigenvalue weighted by molar-refractivity contribution is 7.88. The van der Waals surface area contributed by atoms with Crippen LogP contribution in [0.1, 0.15) is 18.5 Å². The monoisotopic (exact) mass is 441 g/mol. The van der Waals surface area contributed by atoms with E-state index in [0.717, 1.165) is 6.20 Å². The Labute approximate surface area is 164 Å². The molecule has 0 aliphatic carbocycles. The van der Waals surface area contributed by atoms with Crippen molar-refractivity contribution in [1.82, 2.24) is 14.2 Å². The summed E-state index contributed by atoms with van der Waals surface area (Å²) in [6.45, 7) is 1.02. The lowest BCUT2D eigenvalue weighted by Gasteiger charge is -2.24. The van der Waals surface area contributed by atoms with Gasteiger partial charge in [0, 0.05) is 30.9 Å². The fourth-order valence-corrected chi connectivity index (χ4v) is 4.61. The molecule has 1 amide bonds. The molecular weight excluding hydrogens is 422 g/mol. The van der Waals surface area contributed by atoms with Gasteiger partial charge in [-0.25, -0.2) is 17.6 Å². The van der Waals surface area contributed by atoms with Crippen LogP contribution in [-0.2, 0) is 26.0 Å². The summed E-state index contributed by atoms with van der Waals surface area (Å²) in [6.07, 6.45) is -1.33. The number of carbonyl (C=O) groups excluding carboxylic acids is 1. The second-order valence-electron chi connectivity index (χ2n) is 6.62. The van der Waals surface area contributed by atoms with Gasteiger partial charge in [0.25, 0.3) is 0 Å². The standard InChI is InChI=1S/C14H18FN3O3S.C2HF3O2/c1-22(20,21)18-7-5-12-13(18)4-6-17(12)14(19)8-11-3-2-10(15)9-16-11;3-2(4,5)1(6)7/h2-3,9,12-13H,4-8H2,1H3;(H,6,7)/t12-,13+;/m1./s1. The first kappa shape index (κ1) is 23.0. The number of sulfonamides is 1. The smallest absolute Gasteiger partial charge is 0.475 e. The zero-order valence-corrected chi connectivity index (χ0v) is 16.1. The molecule has 0 saturated carbocycles. The van der Waals surface area contributed by atoms with Crippen LogP contribution in [0.5, 0.6) is 0 Å². The van der Waals surface area contributed by atoms with E-state index in [1.54, 1.807) is 4.90 Å². The summed E-state index contributed by atoms with van der Waals surface area (Å²) in [7, 11) is -3.23. The molecule has 0 bridgehead atoms. The number of aliphatic carboxylic acids is 1. The van der Waals surface area contributed by atoms with E-state index in [4.69, 9.17) is 9.90 Å². The van der Waals surface area contributed by atoms with Gasteiger partial charge < -0.3 is 10.0 Å². The molecule has 1 N–H and O–H groups in total. The maximum absolute atomic E-state index is 12.8. The van der Waals surface area contributed by atoms with Gasteiger partial charge in [-0.05, 0) is 25.0 Å². The van der Waals surface area contributed by atoms with Gasteiger partial charge in [-0.3, -0.25) is 9.78 Å².